The van der Waals surface area contributed by atoms with Crippen LogP contribution in [0.2, 0.25) is 10.0 Å². The number of carbonyl (C=O) groups is 2. The first-order valence-electron chi connectivity index (χ1n) is 9.55. The summed E-state index contributed by atoms with van der Waals surface area (Å²) in [5, 5.41) is 4.20. The zero-order chi connectivity index (χ0) is 20.9. The van der Waals surface area contributed by atoms with Gasteiger partial charge < -0.3 is 5.32 Å². The molecule has 1 heterocycles. The van der Waals surface area contributed by atoms with Gasteiger partial charge in [-0.05, 0) is 35.6 Å². The topological polar surface area (TPSA) is 49.4 Å². The van der Waals surface area contributed by atoms with Gasteiger partial charge in [-0.1, -0.05) is 61.3 Å². The number of ketones is 1. The molecule has 0 saturated heterocycles. The van der Waals surface area contributed by atoms with Gasteiger partial charge in [0.15, 0.2) is 5.78 Å². The Morgan fingerprint density at radius 1 is 1.10 bits per heavy atom. The summed E-state index contributed by atoms with van der Waals surface area (Å²) in [6.45, 7) is 5.67. The molecule has 1 aliphatic carbocycles. The summed E-state index contributed by atoms with van der Waals surface area (Å²) in [6, 6.07) is 12.3. The zero-order valence-electron chi connectivity index (χ0n) is 16.6. The van der Waals surface area contributed by atoms with Crippen LogP contribution in [0.4, 0.5) is 11.4 Å². The highest BCUT2D eigenvalue weighted by Crippen LogP contribution is 2.49. The van der Waals surface area contributed by atoms with Crippen molar-refractivity contribution in [2.75, 3.05) is 10.2 Å². The van der Waals surface area contributed by atoms with E-state index in [2.05, 4.69) is 19.2 Å². The van der Waals surface area contributed by atoms with Gasteiger partial charge in [-0.15, -0.1) is 0 Å². The number of benzene rings is 2. The maximum atomic E-state index is 13.4. The minimum atomic E-state index is -0.645. The summed E-state index contributed by atoms with van der Waals surface area (Å²) in [5.74, 6) is -0.157. The Labute approximate surface area is 180 Å². The Morgan fingerprint density at radius 3 is 2.55 bits per heavy atom. The first-order chi connectivity index (χ1) is 13.7. The number of hydrogen-bond acceptors (Lipinski definition) is 3. The molecular weight excluding hydrogens is 407 g/mol. The van der Waals surface area contributed by atoms with Crippen LogP contribution in [0.25, 0.3) is 0 Å². The molecule has 1 atom stereocenters. The monoisotopic (exact) mass is 428 g/mol. The average molecular weight is 429 g/mol. The molecule has 0 spiro atoms. The van der Waals surface area contributed by atoms with Crippen molar-refractivity contribution in [2.24, 2.45) is 5.41 Å². The number of nitrogens with one attached hydrogen (secondary N) is 1. The van der Waals surface area contributed by atoms with E-state index >= 15 is 0 Å². The third-order valence-corrected chi connectivity index (χ3v) is 6.35. The number of carbonyl (C=O) groups excluding carboxylic acids is 2. The highest BCUT2D eigenvalue weighted by atomic mass is 35.5. The van der Waals surface area contributed by atoms with E-state index in [-0.39, 0.29) is 17.1 Å². The molecule has 1 N–H and O–H groups in total. The number of para-hydroxylation sites is 2. The van der Waals surface area contributed by atoms with Crippen LogP contribution in [-0.2, 0) is 9.59 Å². The van der Waals surface area contributed by atoms with Crippen molar-refractivity contribution in [3.63, 3.8) is 0 Å². The van der Waals surface area contributed by atoms with Crippen LogP contribution in [0.1, 0.15) is 45.2 Å². The number of rotatable bonds is 1. The number of Topliss-reactive ketones (excluding diaryl/α,β-unsaturated/α-hetero) is 1. The lowest BCUT2D eigenvalue weighted by Crippen LogP contribution is -2.38. The van der Waals surface area contributed by atoms with Gasteiger partial charge in [0.2, 0.25) is 5.91 Å². The molecule has 2 aliphatic rings. The molecule has 2 aromatic carbocycles. The lowest BCUT2D eigenvalue weighted by Gasteiger charge is -2.37. The summed E-state index contributed by atoms with van der Waals surface area (Å²) in [4.78, 5) is 27.9. The van der Waals surface area contributed by atoms with Crippen molar-refractivity contribution in [2.45, 2.75) is 39.7 Å². The number of fused-ring (bicyclic) bond motifs is 1. The Bertz CT molecular complexity index is 1060. The first kappa shape index (κ1) is 20.0. The summed E-state index contributed by atoms with van der Waals surface area (Å²) in [5.41, 5.74) is 3.39. The first-order valence-corrected chi connectivity index (χ1v) is 10.3. The molecule has 29 heavy (non-hydrogen) atoms. The van der Waals surface area contributed by atoms with Crippen LogP contribution < -0.4 is 10.2 Å². The molecular formula is C23H22Cl2N2O2. The van der Waals surface area contributed by atoms with E-state index in [1.807, 2.05) is 30.3 Å². The Kier molecular flexibility index (Phi) is 4.96. The molecule has 1 amide bonds. The normalized spacial score (nSPS) is 20.5. The lowest BCUT2D eigenvalue weighted by atomic mass is 9.73. The molecule has 4 rings (SSSR count). The molecule has 0 unspecified atom stereocenters. The molecule has 0 radical (unpaired) electrons. The van der Waals surface area contributed by atoms with Crippen LogP contribution in [0.5, 0.6) is 0 Å². The molecule has 1 aliphatic heterocycles. The predicted octanol–water partition coefficient (Wildman–Crippen LogP) is 6.16. The van der Waals surface area contributed by atoms with Crippen molar-refractivity contribution >= 4 is 46.3 Å². The number of anilines is 2. The van der Waals surface area contributed by atoms with Crippen LogP contribution in [0.3, 0.4) is 0 Å². The highest BCUT2D eigenvalue weighted by molar-refractivity contribution is 6.42. The van der Waals surface area contributed by atoms with Gasteiger partial charge in [-0.2, -0.15) is 0 Å². The van der Waals surface area contributed by atoms with E-state index in [1.54, 1.807) is 17.0 Å². The van der Waals surface area contributed by atoms with Gasteiger partial charge in [0.25, 0.3) is 0 Å². The largest absolute Gasteiger partial charge is 0.357 e. The number of allylic oxidation sites excluding steroid dienone is 1. The molecule has 4 nitrogen and oxygen atoms in total. The quantitative estimate of drug-likeness (QED) is 0.591. The van der Waals surface area contributed by atoms with Crippen molar-refractivity contribution in [1.82, 2.24) is 0 Å². The molecule has 0 aromatic heterocycles. The van der Waals surface area contributed by atoms with Gasteiger partial charge in [0.1, 0.15) is 0 Å². The number of halogens is 2. The fourth-order valence-corrected chi connectivity index (χ4v) is 4.77. The van der Waals surface area contributed by atoms with Crippen molar-refractivity contribution in [3.8, 4) is 0 Å². The number of amides is 1. The van der Waals surface area contributed by atoms with Gasteiger partial charge in [0, 0.05) is 24.6 Å². The van der Waals surface area contributed by atoms with Crippen molar-refractivity contribution < 1.29 is 9.59 Å². The second-order valence-electron chi connectivity index (χ2n) is 8.41. The van der Waals surface area contributed by atoms with Crippen LogP contribution in [0.15, 0.2) is 53.7 Å². The van der Waals surface area contributed by atoms with Gasteiger partial charge in [-0.3, -0.25) is 14.5 Å². The Balaban J connectivity index is 2.05. The Hall–Kier alpha value is -2.30. The Morgan fingerprint density at radius 2 is 1.83 bits per heavy atom. The molecule has 6 heteroatoms. The molecule has 0 fully saturated rings. The summed E-state index contributed by atoms with van der Waals surface area (Å²) in [7, 11) is 0. The van der Waals surface area contributed by atoms with E-state index in [1.165, 1.54) is 6.92 Å². The van der Waals surface area contributed by atoms with Crippen LogP contribution >= 0.6 is 23.2 Å². The van der Waals surface area contributed by atoms with Gasteiger partial charge >= 0.3 is 0 Å². The van der Waals surface area contributed by atoms with Gasteiger partial charge in [-0.25, -0.2) is 0 Å². The van der Waals surface area contributed by atoms with Crippen molar-refractivity contribution in [1.29, 1.82) is 0 Å². The van der Waals surface area contributed by atoms with Crippen LogP contribution in [-0.4, -0.2) is 11.7 Å². The maximum absolute atomic E-state index is 13.4. The SMILES string of the molecule is CC(=O)N1c2ccccc2NC2=C(C(=O)CC(C)(C)C2)[C@@H]1c1cccc(Cl)c1Cl. The standard InChI is InChI=1S/C23H22Cl2N2O2/c1-13(28)27-18-10-5-4-9-16(18)26-17-11-23(2,3)12-19(29)20(17)22(27)14-7-6-8-15(24)21(14)25/h4-10,22,26H,11-12H2,1-3H3/t22-/m0/s1. The second kappa shape index (κ2) is 7.19. The third kappa shape index (κ3) is 3.45. The fraction of sp³-hybridized carbons (Fsp3) is 0.304. The third-order valence-electron chi connectivity index (χ3n) is 5.52. The molecule has 0 bridgehead atoms. The molecule has 2 aromatic rings. The lowest BCUT2D eigenvalue weighted by molar-refractivity contribution is -0.118. The van der Waals surface area contributed by atoms with Gasteiger partial charge in [0.05, 0.1) is 27.5 Å². The van der Waals surface area contributed by atoms with E-state index in [4.69, 9.17) is 23.2 Å². The zero-order valence-corrected chi connectivity index (χ0v) is 18.1. The average Bonchev–Trinajstić information content (AvgIpc) is 2.77. The summed E-state index contributed by atoms with van der Waals surface area (Å²) >= 11 is 12.9. The smallest absolute Gasteiger partial charge is 0.224 e. The van der Waals surface area contributed by atoms with E-state index in [0.717, 1.165) is 11.4 Å². The number of hydrogen-bond donors (Lipinski definition) is 1. The minimum absolute atomic E-state index is 0.0175. The molecule has 150 valence electrons. The van der Waals surface area contributed by atoms with Crippen LogP contribution in [0, 0.1) is 5.41 Å². The second-order valence-corrected chi connectivity index (χ2v) is 9.20. The maximum Gasteiger partial charge on any atom is 0.224 e. The van der Waals surface area contributed by atoms with Crippen molar-refractivity contribution in [3.05, 3.63) is 69.3 Å². The predicted molar refractivity (Wildman–Crippen MR) is 117 cm³/mol. The van der Waals surface area contributed by atoms with E-state index < -0.39 is 6.04 Å². The minimum Gasteiger partial charge on any atom is -0.357 e. The summed E-state index contributed by atoms with van der Waals surface area (Å²) in [6.07, 6.45) is 1.10. The molecule has 0 saturated carbocycles. The number of nitrogens with zero attached hydrogens (tertiary/aromatic N) is 1. The highest BCUT2D eigenvalue weighted by Gasteiger charge is 2.43. The van der Waals surface area contributed by atoms with E-state index in [9.17, 15) is 9.59 Å². The van der Waals surface area contributed by atoms with E-state index in [0.29, 0.717) is 39.7 Å². The summed E-state index contributed by atoms with van der Waals surface area (Å²) < 4.78 is 0. The fourth-order valence-electron chi connectivity index (χ4n) is 4.36.